The van der Waals surface area contributed by atoms with Crippen molar-refractivity contribution in [2.45, 2.75) is 24.8 Å². The van der Waals surface area contributed by atoms with Crippen molar-refractivity contribution in [1.82, 2.24) is 14.9 Å². The minimum Gasteiger partial charge on any atom is -0.452 e. The summed E-state index contributed by atoms with van der Waals surface area (Å²) in [7, 11) is -0.989. The van der Waals surface area contributed by atoms with E-state index in [0.29, 0.717) is 0 Å². The number of amides is 2. The number of hydrogen-bond donors (Lipinski definition) is 2. The number of carbonyl (C=O) groups excluding carboxylic acids is 3. The Kier molecular flexibility index (Phi) is 8.20. The van der Waals surface area contributed by atoms with Gasteiger partial charge in [-0.05, 0) is 32.0 Å². The van der Waals surface area contributed by atoms with Gasteiger partial charge >= 0.3 is 5.97 Å². The average molecular weight is 420 g/mol. The van der Waals surface area contributed by atoms with Crippen molar-refractivity contribution in [1.29, 1.82) is 0 Å². The third-order valence-electron chi connectivity index (χ3n) is 3.62. The number of carbonyl (C=O) groups is 3. The summed E-state index contributed by atoms with van der Waals surface area (Å²) in [6.45, 7) is 2.51. The Bertz CT molecular complexity index is 825. The molecule has 0 radical (unpaired) electrons. The predicted molar refractivity (Wildman–Crippen MR) is 98.9 cm³/mol. The van der Waals surface area contributed by atoms with Gasteiger partial charge < -0.3 is 15.4 Å². The lowest BCUT2D eigenvalue weighted by atomic mass is 10.2. The maximum Gasteiger partial charge on any atom is 0.340 e. The van der Waals surface area contributed by atoms with Crippen molar-refractivity contribution in [2.24, 2.45) is 0 Å². The van der Waals surface area contributed by atoms with Crippen molar-refractivity contribution in [3.05, 3.63) is 28.8 Å². The highest BCUT2D eigenvalue weighted by molar-refractivity contribution is 7.89. The lowest BCUT2D eigenvalue weighted by molar-refractivity contribution is -0.127. The molecule has 9 nitrogen and oxygen atoms in total. The van der Waals surface area contributed by atoms with E-state index in [2.05, 4.69) is 10.6 Å². The highest BCUT2D eigenvalue weighted by Gasteiger charge is 2.25. The molecule has 27 heavy (non-hydrogen) atoms. The van der Waals surface area contributed by atoms with E-state index < -0.39 is 34.4 Å². The van der Waals surface area contributed by atoms with Crippen LogP contribution in [0.25, 0.3) is 0 Å². The number of sulfonamides is 1. The van der Waals surface area contributed by atoms with Gasteiger partial charge in [-0.3, -0.25) is 9.59 Å². The van der Waals surface area contributed by atoms with Crippen LogP contribution in [-0.2, 0) is 24.3 Å². The Balaban J connectivity index is 2.89. The molecule has 1 aromatic rings. The molecule has 0 aromatic heterocycles. The van der Waals surface area contributed by atoms with Gasteiger partial charge in [-0.2, -0.15) is 4.31 Å². The molecule has 0 aliphatic carbocycles. The summed E-state index contributed by atoms with van der Waals surface area (Å²) < 4.78 is 31.1. The van der Waals surface area contributed by atoms with Gasteiger partial charge in [0.05, 0.1) is 22.0 Å². The summed E-state index contributed by atoms with van der Waals surface area (Å²) in [5.74, 6) is -2.06. The average Bonchev–Trinajstić information content (AvgIpc) is 2.63. The molecule has 1 aromatic carbocycles. The number of nitrogens with zero attached hydrogens (tertiary/aromatic N) is 1. The molecule has 0 unspecified atom stereocenters. The Hall–Kier alpha value is -2.17. The number of hydrogen-bond acceptors (Lipinski definition) is 6. The SMILES string of the molecule is CNC(=O)CNC(=O)COC(=O)c1cc(S(=O)(=O)N(C)C(C)C)ccc1Cl. The smallest absolute Gasteiger partial charge is 0.340 e. The van der Waals surface area contributed by atoms with E-state index in [-0.39, 0.29) is 28.1 Å². The molecule has 0 aliphatic heterocycles. The van der Waals surface area contributed by atoms with Gasteiger partial charge in [-0.1, -0.05) is 11.6 Å². The molecule has 0 atom stereocenters. The van der Waals surface area contributed by atoms with Crippen LogP contribution in [0.5, 0.6) is 0 Å². The highest BCUT2D eigenvalue weighted by Crippen LogP contribution is 2.24. The fraction of sp³-hybridized carbons (Fsp3) is 0.438. The Labute approximate surface area is 163 Å². The molecule has 0 fully saturated rings. The molecule has 0 spiro atoms. The van der Waals surface area contributed by atoms with E-state index in [1.807, 2.05) is 0 Å². The number of likely N-dealkylation sites (N-methyl/N-ethyl adjacent to an activating group) is 1. The number of rotatable bonds is 8. The van der Waals surface area contributed by atoms with Crippen LogP contribution in [-0.4, -0.2) is 63.8 Å². The van der Waals surface area contributed by atoms with Crippen LogP contribution in [0.3, 0.4) is 0 Å². The third kappa shape index (κ3) is 6.19. The van der Waals surface area contributed by atoms with E-state index in [0.717, 1.165) is 10.4 Å². The standard InChI is InChI=1S/C16H22ClN3O6S/c1-10(2)20(4)27(24,25)11-5-6-13(17)12(7-11)16(23)26-9-15(22)19-8-14(21)18-3/h5-7,10H,8-9H2,1-4H3,(H,18,21)(H,19,22). The van der Waals surface area contributed by atoms with E-state index in [1.54, 1.807) is 13.8 Å². The second-order valence-corrected chi connectivity index (χ2v) is 8.19. The van der Waals surface area contributed by atoms with Gasteiger partial charge in [-0.15, -0.1) is 0 Å². The molecule has 0 bridgehead atoms. The van der Waals surface area contributed by atoms with Crippen molar-refractivity contribution in [3.8, 4) is 0 Å². The van der Waals surface area contributed by atoms with Crippen LogP contribution in [0, 0.1) is 0 Å². The second-order valence-electron chi connectivity index (χ2n) is 5.78. The molecule has 0 saturated heterocycles. The summed E-state index contributed by atoms with van der Waals surface area (Å²) in [4.78, 5) is 34.7. The molecule has 0 heterocycles. The minimum atomic E-state index is -3.82. The van der Waals surface area contributed by atoms with Crippen LogP contribution in [0.2, 0.25) is 5.02 Å². The lowest BCUT2D eigenvalue weighted by Gasteiger charge is -2.21. The molecular formula is C16H22ClN3O6S. The van der Waals surface area contributed by atoms with Crippen molar-refractivity contribution >= 4 is 39.4 Å². The van der Waals surface area contributed by atoms with Crippen LogP contribution in [0.4, 0.5) is 0 Å². The van der Waals surface area contributed by atoms with Gasteiger partial charge in [0.25, 0.3) is 5.91 Å². The largest absolute Gasteiger partial charge is 0.452 e. The first-order valence-corrected chi connectivity index (χ1v) is 9.74. The van der Waals surface area contributed by atoms with E-state index in [1.165, 1.54) is 26.2 Å². The zero-order chi connectivity index (χ0) is 20.8. The molecule has 2 N–H and O–H groups in total. The molecule has 2 amide bonds. The maximum atomic E-state index is 12.5. The Morgan fingerprint density at radius 3 is 2.41 bits per heavy atom. The number of ether oxygens (including phenoxy) is 1. The van der Waals surface area contributed by atoms with Gasteiger partial charge in [0.15, 0.2) is 6.61 Å². The minimum absolute atomic E-state index is 0.0167. The third-order valence-corrected chi connectivity index (χ3v) is 5.98. The van der Waals surface area contributed by atoms with Gasteiger partial charge in [0.2, 0.25) is 15.9 Å². The number of nitrogens with one attached hydrogen (secondary N) is 2. The fourth-order valence-electron chi connectivity index (χ4n) is 1.79. The van der Waals surface area contributed by atoms with Crippen molar-refractivity contribution in [3.63, 3.8) is 0 Å². The molecule has 0 saturated carbocycles. The van der Waals surface area contributed by atoms with E-state index in [9.17, 15) is 22.8 Å². The second kappa shape index (κ2) is 9.67. The van der Waals surface area contributed by atoms with E-state index in [4.69, 9.17) is 16.3 Å². The monoisotopic (exact) mass is 419 g/mol. The zero-order valence-electron chi connectivity index (χ0n) is 15.4. The molecule has 150 valence electrons. The van der Waals surface area contributed by atoms with Crippen LogP contribution in [0.15, 0.2) is 23.1 Å². The summed E-state index contributed by atoms with van der Waals surface area (Å²) in [5.41, 5.74) is -0.186. The van der Waals surface area contributed by atoms with Crippen LogP contribution < -0.4 is 10.6 Å². The quantitative estimate of drug-likeness (QED) is 0.588. The summed E-state index contributed by atoms with van der Waals surface area (Å²) in [6.07, 6.45) is 0. The first-order chi connectivity index (χ1) is 12.5. The van der Waals surface area contributed by atoms with Gasteiger partial charge in [0, 0.05) is 20.1 Å². The highest BCUT2D eigenvalue weighted by atomic mass is 35.5. The van der Waals surface area contributed by atoms with Crippen molar-refractivity contribution in [2.75, 3.05) is 27.2 Å². The summed E-state index contributed by atoms with van der Waals surface area (Å²) >= 11 is 5.96. The Morgan fingerprint density at radius 2 is 1.85 bits per heavy atom. The fourth-order valence-corrected chi connectivity index (χ4v) is 3.38. The van der Waals surface area contributed by atoms with Gasteiger partial charge in [-0.25, -0.2) is 13.2 Å². The van der Waals surface area contributed by atoms with Crippen LogP contribution >= 0.6 is 11.6 Å². The Morgan fingerprint density at radius 1 is 1.22 bits per heavy atom. The molecule has 0 aliphatic rings. The predicted octanol–water partition coefficient (Wildman–Crippen LogP) is 0.388. The molecule has 11 heteroatoms. The number of benzene rings is 1. The molecule has 1 rings (SSSR count). The van der Waals surface area contributed by atoms with Crippen LogP contribution in [0.1, 0.15) is 24.2 Å². The topological polar surface area (TPSA) is 122 Å². The first-order valence-electron chi connectivity index (χ1n) is 7.92. The lowest BCUT2D eigenvalue weighted by Crippen LogP contribution is -2.37. The maximum absolute atomic E-state index is 12.5. The van der Waals surface area contributed by atoms with Crippen molar-refractivity contribution < 1.29 is 27.5 Å². The van der Waals surface area contributed by atoms with E-state index >= 15 is 0 Å². The first kappa shape index (κ1) is 22.9. The zero-order valence-corrected chi connectivity index (χ0v) is 17.0. The number of esters is 1. The summed E-state index contributed by atoms with van der Waals surface area (Å²) in [6, 6.07) is 3.36. The van der Waals surface area contributed by atoms with Gasteiger partial charge in [0.1, 0.15) is 0 Å². The summed E-state index contributed by atoms with van der Waals surface area (Å²) in [5, 5.41) is 4.55. The number of halogens is 1. The molecular weight excluding hydrogens is 398 g/mol. The normalized spacial score (nSPS) is 11.4.